The standard InChI is InChI=1S/C20H23FN6O4S/c1-4-32(29,30)27-12-16(11-25-27)26-20-23-9-13(10-24-20)5-6-14-7-15(19(28)22-2)8-17(31-3)18(14)21/h7-12H,4-6H2,1-3H3,(H,22,28)(H,23,24,26). The van der Waals surface area contributed by atoms with Gasteiger partial charge in [0, 0.05) is 25.0 Å². The van der Waals surface area contributed by atoms with Crippen LogP contribution in [-0.4, -0.2) is 53.4 Å². The van der Waals surface area contributed by atoms with Crippen LogP contribution in [0.2, 0.25) is 0 Å². The van der Waals surface area contributed by atoms with Gasteiger partial charge in [0.2, 0.25) is 5.95 Å². The third-order valence-electron chi connectivity index (χ3n) is 4.68. The number of aryl methyl sites for hydroxylation is 2. The number of ether oxygens (including phenoxy) is 1. The summed E-state index contributed by atoms with van der Waals surface area (Å²) in [7, 11) is -0.626. The molecule has 0 aliphatic carbocycles. The molecular weight excluding hydrogens is 439 g/mol. The van der Waals surface area contributed by atoms with Gasteiger partial charge in [0.25, 0.3) is 15.9 Å². The van der Waals surface area contributed by atoms with Gasteiger partial charge in [0.1, 0.15) is 0 Å². The first kappa shape index (κ1) is 23.1. The summed E-state index contributed by atoms with van der Waals surface area (Å²) >= 11 is 0. The minimum Gasteiger partial charge on any atom is -0.494 e. The molecule has 0 atom stereocenters. The topological polar surface area (TPSA) is 128 Å². The van der Waals surface area contributed by atoms with Crippen LogP contribution in [0.15, 0.2) is 36.9 Å². The number of nitrogens with zero attached hydrogens (tertiary/aromatic N) is 4. The van der Waals surface area contributed by atoms with Crippen molar-refractivity contribution in [1.29, 1.82) is 0 Å². The lowest BCUT2D eigenvalue weighted by molar-refractivity contribution is 0.0962. The second kappa shape index (κ2) is 9.73. The van der Waals surface area contributed by atoms with E-state index in [2.05, 4.69) is 25.7 Å². The van der Waals surface area contributed by atoms with E-state index in [-0.39, 0.29) is 23.4 Å². The molecule has 0 saturated heterocycles. The lowest BCUT2D eigenvalue weighted by Gasteiger charge is -2.11. The fourth-order valence-electron chi connectivity index (χ4n) is 2.87. The molecule has 0 fully saturated rings. The molecule has 170 valence electrons. The van der Waals surface area contributed by atoms with E-state index >= 15 is 0 Å². The smallest absolute Gasteiger partial charge is 0.253 e. The highest BCUT2D eigenvalue weighted by atomic mass is 32.2. The highest BCUT2D eigenvalue weighted by Gasteiger charge is 2.15. The Hall–Kier alpha value is -3.54. The van der Waals surface area contributed by atoms with E-state index in [9.17, 15) is 17.6 Å². The van der Waals surface area contributed by atoms with Crippen molar-refractivity contribution in [2.24, 2.45) is 0 Å². The Morgan fingerprint density at radius 3 is 2.53 bits per heavy atom. The maximum atomic E-state index is 14.6. The Kier molecular flexibility index (Phi) is 7.03. The molecule has 0 bridgehead atoms. The number of hydrogen-bond acceptors (Lipinski definition) is 8. The van der Waals surface area contributed by atoms with Gasteiger partial charge >= 0.3 is 0 Å². The number of carbonyl (C=O) groups excluding carboxylic acids is 1. The zero-order chi connectivity index (χ0) is 23.3. The average Bonchev–Trinajstić information content (AvgIpc) is 3.28. The Morgan fingerprint density at radius 1 is 1.19 bits per heavy atom. The molecule has 3 rings (SSSR count). The van der Waals surface area contributed by atoms with Gasteiger partial charge in [0.15, 0.2) is 11.6 Å². The van der Waals surface area contributed by atoms with Crippen LogP contribution in [0.5, 0.6) is 5.75 Å². The van der Waals surface area contributed by atoms with E-state index in [1.165, 1.54) is 45.6 Å². The quantitative estimate of drug-likeness (QED) is 0.494. The third-order valence-corrected chi connectivity index (χ3v) is 6.18. The molecule has 2 aromatic heterocycles. The van der Waals surface area contributed by atoms with Crippen LogP contribution in [0.4, 0.5) is 16.0 Å². The highest BCUT2D eigenvalue weighted by molar-refractivity contribution is 7.89. The molecule has 1 aromatic carbocycles. The molecule has 2 heterocycles. The number of hydrogen-bond donors (Lipinski definition) is 2. The van der Waals surface area contributed by atoms with Crippen molar-refractivity contribution in [1.82, 2.24) is 24.5 Å². The highest BCUT2D eigenvalue weighted by Crippen LogP contribution is 2.24. The summed E-state index contributed by atoms with van der Waals surface area (Å²) in [5.74, 6) is -0.659. The van der Waals surface area contributed by atoms with E-state index in [1.807, 2.05) is 0 Å². The van der Waals surface area contributed by atoms with Crippen LogP contribution in [-0.2, 0) is 22.9 Å². The van der Waals surface area contributed by atoms with Gasteiger partial charge in [-0.3, -0.25) is 4.79 Å². The van der Waals surface area contributed by atoms with Gasteiger partial charge in [0.05, 0.1) is 30.9 Å². The summed E-state index contributed by atoms with van der Waals surface area (Å²) in [6, 6.07) is 2.85. The molecule has 0 saturated carbocycles. The van der Waals surface area contributed by atoms with Crippen LogP contribution in [0.3, 0.4) is 0 Å². The lowest BCUT2D eigenvalue weighted by atomic mass is 10.0. The van der Waals surface area contributed by atoms with E-state index in [0.29, 0.717) is 29.7 Å². The SMILES string of the molecule is CCS(=O)(=O)n1cc(Nc2ncc(CCc3cc(C(=O)NC)cc(OC)c3F)cn2)cn1. The molecule has 0 unspecified atom stereocenters. The summed E-state index contributed by atoms with van der Waals surface area (Å²) in [6.07, 6.45) is 6.61. The van der Waals surface area contributed by atoms with Crippen molar-refractivity contribution in [3.05, 3.63) is 59.4 Å². The lowest BCUT2D eigenvalue weighted by Crippen LogP contribution is -2.18. The Labute approximate surface area is 184 Å². The van der Waals surface area contributed by atoms with Gasteiger partial charge in [-0.25, -0.2) is 22.8 Å². The zero-order valence-electron chi connectivity index (χ0n) is 17.8. The predicted molar refractivity (Wildman–Crippen MR) is 116 cm³/mol. The van der Waals surface area contributed by atoms with Crippen molar-refractivity contribution in [3.63, 3.8) is 0 Å². The van der Waals surface area contributed by atoms with Crippen molar-refractivity contribution in [2.45, 2.75) is 19.8 Å². The summed E-state index contributed by atoms with van der Waals surface area (Å²) in [6.45, 7) is 1.53. The summed E-state index contributed by atoms with van der Waals surface area (Å²) in [5, 5.41) is 9.21. The normalized spacial score (nSPS) is 11.2. The summed E-state index contributed by atoms with van der Waals surface area (Å²) < 4.78 is 44.2. The molecular formula is C20H23FN6O4S. The maximum absolute atomic E-state index is 14.6. The van der Waals surface area contributed by atoms with E-state index < -0.39 is 15.8 Å². The Morgan fingerprint density at radius 2 is 1.91 bits per heavy atom. The van der Waals surface area contributed by atoms with Crippen molar-refractivity contribution >= 4 is 27.6 Å². The van der Waals surface area contributed by atoms with Crippen LogP contribution in [0, 0.1) is 5.82 Å². The number of aromatic nitrogens is 4. The Balaban J connectivity index is 1.69. The molecule has 0 aliphatic heterocycles. The molecule has 10 nitrogen and oxygen atoms in total. The van der Waals surface area contributed by atoms with Crippen molar-refractivity contribution < 1.29 is 22.3 Å². The number of benzene rings is 1. The third kappa shape index (κ3) is 5.19. The zero-order valence-corrected chi connectivity index (χ0v) is 18.6. The van der Waals surface area contributed by atoms with Gasteiger partial charge in [-0.05, 0) is 43.0 Å². The minimum atomic E-state index is -3.47. The minimum absolute atomic E-state index is 0.00234. The first-order chi connectivity index (χ1) is 15.3. The van der Waals surface area contributed by atoms with E-state index in [1.54, 1.807) is 12.4 Å². The number of methoxy groups -OCH3 is 1. The largest absolute Gasteiger partial charge is 0.494 e. The van der Waals surface area contributed by atoms with Crippen LogP contribution < -0.4 is 15.4 Å². The average molecular weight is 463 g/mol. The number of anilines is 2. The van der Waals surface area contributed by atoms with Gasteiger partial charge in [-0.15, -0.1) is 0 Å². The molecule has 32 heavy (non-hydrogen) atoms. The van der Waals surface area contributed by atoms with Crippen molar-refractivity contribution in [3.8, 4) is 5.75 Å². The second-order valence-corrected chi connectivity index (χ2v) is 8.89. The fourth-order valence-corrected chi connectivity index (χ4v) is 3.60. The first-order valence-electron chi connectivity index (χ1n) is 9.71. The molecule has 1 amide bonds. The van der Waals surface area contributed by atoms with E-state index in [0.717, 1.165) is 9.65 Å². The number of amides is 1. The summed E-state index contributed by atoms with van der Waals surface area (Å²) in [5.41, 5.74) is 1.83. The Bertz CT molecular complexity index is 1210. The van der Waals surface area contributed by atoms with Gasteiger partial charge in [-0.2, -0.15) is 9.19 Å². The monoisotopic (exact) mass is 462 g/mol. The number of rotatable bonds is 9. The van der Waals surface area contributed by atoms with Gasteiger partial charge < -0.3 is 15.4 Å². The molecule has 3 aromatic rings. The van der Waals surface area contributed by atoms with Crippen LogP contribution >= 0.6 is 0 Å². The van der Waals surface area contributed by atoms with Crippen LogP contribution in [0.1, 0.15) is 28.4 Å². The molecule has 2 N–H and O–H groups in total. The van der Waals surface area contributed by atoms with Gasteiger partial charge in [-0.1, -0.05) is 0 Å². The number of nitrogens with one attached hydrogen (secondary N) is 2. The van der Waals surface area contributed by atoms with Crippen LogP contribution in [0.25, 0.3) is 0 Å². The summed E-state index contributed by atoms with van der Waals surface area (Å²) in [4.78, 5) is 20.3. The number of carbonyl (C=O) groups is 1. The second-order valence-electron chi connectivity index (χ2n) is 6.77. The first-order valence-corrected chi connectivity index (χ1v) is 11.3. The van der Waals surface area contributed by atoms with E-state index in [4.69, 9.17) is 4.74 Å². The molecule has 0 aliphatic rings. The molecule has 0 spiro atoms. The predicted octanol–water partition coefficient (Wildman–Crippen LogP) is 1.91. The molecule has 0 radical (unpaired) electrons. The maximum Gasteiger partial charge on any atom is 0.253 e. The number of halogens is 1. The molecule has 12 heteroatoms. The van der Waals surface area contributed by atoms with Crippen molar-refractivity contribution in [2.75, 3.05) is 25.2 Å². The fraction of sp³-hybridized carbons (Fsp3) is 0.300.